The summed E-state index contributed by atoms with van der Waals surface area (Å²) in [5, 5.41) is 19.5. The minimum absolute atomic E-state index is 0.112. The molecule has 0 saturated carbocycles. The Kier molecular flexibility index (Phi) is 5.15. The van der Waals surface area contributed by atoms with Gasteiger partial charge in [0, 0.05) is 6.42 Å². The third kappa shape index (κ3) is 4.02. The van der Waals surface area contributed by atoms with Gasteiger partial charge in [0.05, 0.1) is 11.7 Å². The number of nitrogens with one attached hydrogen (secondary N) is 1. The van der Waals surface area contributed by atoms with Crippen molar-refractivity contribution in [1.82, 2.24) is 0 Å². The predicted molar refractivity (Wildman–Crippen MR) is 66.8 cm³/mol. The number of carboxylic acid groups (broad SMARTS) is 2. The molecule has 0 bridgehead atoms. The normalized spacial score (nSPS) is 11.7. The maximum Gasteiger partial charge on any atom is 0.340 e. The zero-order valence-electron chi connectivity index (χ0n) is 10.3. The predicted octanol–water partition coefficient (Wildman–Crippen LogP) is 0.655. The Morgan fingerprint density at radius 1 is 1.30 bits per heavy atom. The van der Waals surface area contributed by atoms with E-state index in [4.69, 9.17) is 15.9 Å². The van der Waals surface area contributed by atoms with Gasteiger partial charge in [-0.2, -0.15) is 0 Å². The summed E-state index contributed by atoms with van der Waals surface area (Å²) in [6, 6.07) is 2.27. The van der Waals surface area contributed by atoms with Crippen molar-refractivity contribution in [1.29, 1.82) is 0 Å². The minimum atomic E-state index is -1.53. The Labute approximate surface area is 113 Å². The molecular weight excluding hydrogens is 271 g/mol. The van der Waals surface area contributed by atoms with Gasteiger partial charge in [-0.15, -0.1) is 0 Å². The molecule has 1 aromatic rings. The number of anilines is 1. The Morgan fingerprint density at radius 2 is 1.95 bits per heavy atom. The number of nitrogens with two attached hydrogens (primary N) is 1. The van der Waals surface area contributed by atoms with Crippen LogP contribution in [0.1, 0.15) is 23.2 Å². The molecule has 108 valence electrons. The maximum absolute atomic E-state index is 13.4. The Balaban J connectivity index is 2.83. The molecule has 1 unspecified atom stereocenters. The summed E-state index contributed by atoms with van der Waals surface area (Å²) in [7, 11) is 0. The van der Waals surface area contributed by atoms with Crippen LogP contribution in [-0.4, -0.2) is 34.1 Å². The first-order valence-corrected chi connectivity index (χ1v) is 5.63. The Morgan fingerprint density at radius 3 is 2.50 bits per heavy atom. The number of hydrogen-bond acceptors (Lipinski definition) is 4. The molecule has 0 spiro atoms. The minimum Gasteiger partial charge on any atom is -0.481 e. The van der Waals surface area contributed by atoms with Crippen molar-refractivity contribution in [3.05, 3.63) is 29.6 Å². The number of rotatable bonds is 6. The van der Waals surface area contributed by atoms with Crippen LogP contribution >= 0.6 is 0 Å². The lowest BCUT2D eigenvalue weighted by atomic mass is 10.1. The number of carbonyl (C=O) groups is 3. The average molecular weight is 284 g/mol. The van der Waals surface area contributed by atoms with Gasteiger partial charge >= 0.3 is 11.9 Å². The van der Waals surface area contributed by atoms with Crippen LogP contribution in [0, 0.1) is 5.82 Å². The Bertz CT molecular complexity index is 547. The van der Waals surface area contributed by atoms with E-state index in [2.05, 4.69) is 5.32 Å². The molecule has 0 aromatic heterocycles. The van der Waals surface area contributed by atoms with Gasteiger partial charge in [-0.25, -0.2) is 9.18 Å². The lowest BCUT2D eigenvalue weighted by Gasteiger charge is -2.13. The molecule has 0 saturated heterocycles. The van der Waals surface area contributed by atoms with E-state index < -0.39 is 35.3 Å². The van der Waals surface area contributed by atoms with Crippen molar-refractivity contribution in [3.63, 3.8) is 0 Å². The van der Waals surface area contributed by atoms with Crippen LogP contribution in [0.25, 0.3) is 0 Å². The first-order chi connectivity index (χ1) is 9.32. The van der Waals surface area contributed by atoms with Crippen LogP contribution in [0.15, 0.2) is 18.2 Å². The third-order valence-electron chi connectivity index (χ3n) is 2.49. The lowest BCUT2D eigenvalue weighted by Crippen LogP contribution is -2.36. The summed E-state index contributed by atoms with van der Waals surface area (Å²) in [6.07, 6.45) is -0.414. The quantitative estimate of drug-likeness (QED) is 0.607. The average Bonchev–Trinajstić information content (AvgIpc) is 2.35. The first-order valence-electron chi connectivity index (χ1n) is 5.63. The largest absolute Gasteiger partial charge is 0.481 e. The highest BCUT2D eigenvalue weighted by Crippen LogP contribution is 2.19. The molecule has 0 heterocycles. The Hall–Kier alpha value is -2.48. The first kappa shape index (κ1) is 15.6. The summed E-state index contributed by atoms with van der Waals surface area (Å²) < 4.78 is 13.4. The number of halogens is 1. The highest BCUT2D eigenvalue weighted by molar-refractivity contribution is 6.02. The molecule has 20 heavy (non-hydrogen) atoms. The van der Waals surface area contributed by atoms with E-state index in [1.54, 1.807) is 0 Å². The molecule has 0 aliphatic heterocycles. The topological polar surface area (TPSA) is 130 Å². The number of amides is 1. The third-order valence-corrected chi connectivity index (χ3v) is 2.49. The van der Waals surface area contributed by atoms with Gasteiger partial charge in [0.25, 0.3) is 0 Å². The van der Waals surface area contributed by atoms with E-state index >= 15 is 0 Å². The molecule has 1 rings (SSSR count). The van der Waals surface area contributed by atoms with Crippen LogP contribution in [0.2, 0.25) is 0 Å². The fourth-order valence-electron chi connectivity index (χ4n) is 1.48. The zero-order valence-corrected chi connectivity index (χ0v) is 10.3. The molecule has 7 nitrogen and oxygen atoms in total. The van der Waals surface area contributed by atoms with E-state index in [-0.39, 0.29) is 18.5 Å². The van der Waals surface area contributed by atoms with Crippen LogP contribution in [0.5, 0.6) is 0 Å². The highest BCUT2D eigenvalue weighted by atomic mass is 19.1. The smallest absolute Gasteiger partial charge is 0.340 e. The van der Waals surface area contributed by atoms with Crippen molar-refractivity contribution < 1.29 is 29.0 Å². The molecule has 0 radical (unpaired) electrons. The van der Waals surface area contributed by atoms with Crippen molar-refractivity contribution in [3.8, 4) is 0 Å². The second kappa shape index (κ2) is 6.62. The highest BCUT2D eigenvalue weighted by Gasteiger charge is 2.20. The molecule has 1 atom stereocenters. The standard InChI is InChI=1S/C12H13FN2O5/c13-6-2-1-3-8(10(6)12(19)20)15-11(18)7(14)4-5-9(16)17/h1-3,7H,4-5,14H2,(H,15,18)(H,16,17)(H,19,20). The number of aliphatic carboxylic acids is 1. The molecule has 5 N–H and O–H groups in total. The van der Waals surface area contributed by atoms with Gasteiger partial charge in [-0.05, 0) is 18.6 Å². The van der Waals surface area contributed by atoms with Gasteiger partial charge in [0.2, 0.25) is 5.91 Å². The number of carboxylic acids is 2. The molecule has 0 fully saturated rings. The fraction of sp³-hybridized carbons (Fsp3) is 0.250. The molecule has 0 aliphatic carbocycles. The van der Waals surface area contributed by atoms with Gasteiger partial charge in [-0.3, -0.25) is 9.59 Å². The van der Waals surface area contributed by atoms with E-state index in [1.807, 2.05) is 0 Å². The van der Waals surface area contributed by atoms with E-state index in [1.165, 1.54) is 12.1 Å². The van der Waals surface area contributed by atoms with Crippen molar-refractivity contribution >= 4 is 23.5 Å². The van der Waals surface area contributed by atoms with Gasteiger partial charge < -0.3 is 21.3 Å². The fourth-order valence-corrected chi connectivity index (χ4v) is 1.48. The summed E-state index contributed by atoms with van der Waals surface area (Å²) in [5.74, 6) is -4.41. The van der Waals surface area contributed by atoms with Gasteiger partial charge in [0.15, 0.2) is 0 Å². The van der Waals surface area contributed by atoms with E-state index in [0.29, 0.717) is 0 Å². The van der Waals surface area contributed by atoms with Crippen molar-refractivity contribution in [2.45, 2.75) is 18.9 Å². The second-order valence-corrected chi connectivity index (χ2v) is 4.00. The van der Waals surface area contributed by atoms with Crippen LogP contribution in [0.3, 0.4) is 0 Å². The molecule has 8 heteroatoms. The molecule has 0 aliphatic rings. The van der Waals surface area contributed by atoms with Crippen LogP contribution < -0.4 is 11.1 Å². The second-order valence-electron chi connectivity index (χ2n) is 4.00. The number of carbonyl (C=O) groups excluding carboxylic acids is 1. The monoisotopic (exact) mass is 284 g/mol. The summed E-state index contributed by atoms with van der Waals surface area (Å²) >= 11 is 0. The molecule has 1 amide bonds. The van der Waals surface area contributed by atoms with Crippen molar-refractivity contribution in [2.75, 3.05) is 5.32 Å². The van der Waals surface area contributed by atoms with Gasteiger partial charge in [-0.1, -0.05) is 6.07 Å². The van der Waals surface area contributed by atoms with E-state index in [0.717, 1.165) is 6.07 Å². The number of benzene rings is 1. The van der Waals surface area contributed by atoms with Crippen LogP contribution in [0.4, 0.5) is 10.1 Å². The summed E-state index contributed by atoms with van der Waals surface area (Å²) in [6.45, 7) is 0. The SMILES string of the molecule is NC(CCC(=O)O)C(=O)Nc1cccc(F)c1C(=O)O. The summed E-state index contributed by atoms with van der Waals surface area (Å²) in [5.41, 5.74) is 4.56. The zero-order chi connectivity index (χ0) is 15.3. The van der Waals surface area contributed by atoms with Crippen molar-refractivity contribution in [2.24, 2.45) is 5.73 Å². The maximum atomic E-state index is 13.4. The van der Waals surface area contributed by atoms with E-state index in [9.17, 15) is 18.8 Å². The summed E-state index contributed by atoms with van der Waals surface area (Å²) in [4.78, 5) is 32.9. The van der Waals surface area contributed by atoms with Crippen LogP contribution in [-0.2, 0) is 9.59 Å². The number of hydrogen-bond donors (Lipinski definition) is 4. The number of aromatic carboxylic acids is 1. The molecule has 1 aromatic carbocycles. The lowest BCUT2D eigenvalue weighted by molar-refractivity contribution is -0.137. The molecular formula is C12H13FN2O5. The van der Waals surface area contributed by atoms with Gasteiger partial charge in [0.1, 0.15) is 11.4 Å².